The minimum atomic E-state index is -1.40. The highest BCUT2D eigenvalue weighted by molar-refractivity contribution is 6.58. The molecule has 5 nitrogen and oxygen atoms in total. The molecule has 4 aliphatic rings. The Morgan fingerprint density at radius 1 is 1.27 bits per heavy atom. The van der Waals surface area contributed by atoms with E-state index in [0.717, 1.165) is 58.0 Å². The maximum atomic E-state index is 12.1. The van der Waals surface area contributed by atoms with E-state index in [2.05, 4.69) is 18.3 Å². The third-order valence-electron chi connectivity index (χ3n) is 8.30. The van der Waals surface area contributed by atoms with E-state index in [1.807, 2.05) is 12.1 Å². The van der Waals surface area contributed by atoms with Crippen LogP contribution in [-0.4, -0.2) is 41.3 Å². The van der Waals surface area contributed by atoms with Crippen LogP contribution >= 0.6 is 0 Å². The molecule has 5 atom stereocenters. The molecule has 0 bridgehead atoms. The molecule has 5 rings (SSSR count). The number of rotatable bonds is 6. The summed E-state index contributed by atoms with van der Waals surface area (Å²) in [5, 5.41) is 22.2. The van der Waals surface area contributed by atoms with Crippen LogP contribution in [0.4, 0.5) is 0 Å². The van der Waals surface area contributed by atoms with Crippen molar-refractivity contribution < 1.29 is 19.6 Å². The van der Waals surface area contributed by atoms with Crippen molar-refractivity contribution in [3.63, 3.8) is 0 Å². The average molecular weight is 411 g/mol. The van der Waals surface area contributed by atoms with Gasteiger partial charge in [0.15, 0.2) is 0 Å². The third-order valence-corrected chi connectivity index (χ3v) is 8.30. The zero-order valence-electron chi connectivity index (χ0n) is 18.0. The Morgan fingerprint density at radius 3 is 2.87 bits per heavy atom. The number of carbonyl (C=O) groups excluding carboxylic acids is 1. The smallest absolute Gasteiger partial charge is 0.423 e. The molecule has 1 amide bonds. The van der Waals surface area contributed by atoms with Gasteiger partial charge in [0.2, 0.25) is 5.91 Å². The number of hydrogen-bond donors (Lipinski definition) is 3. The summed E-state index contributed by atoms with van der Waals surface area (Å²) in [7, 11) is -1.40. The first kappa shape index (κ1) is 20.5. The second-order valence-corrected chi connectivity index (χ2v) is 10.3. The normalized spacial score (nSPS) is 34.6. The fourth-order valence-electron chi connectivity index (χ4n) is 6.71. The molecule has 0 spiro atoms. The van der Waals surface area contributed by atoms with Crippen molar-refractivity contribution in [2.45, 2.75) is 82.3 Å². The number of benzene rings is 1. The number of nitrogens with one attached hydrogen (secondary N) is 1. The lowest BCUT2D eigenvalue weighted by Crippen LogP contribution is -2.47. The largest absolute Gasteiger partial charge is 0.488 e. The molecule has 1 aromatic rings. The van der Waals surface area contributed by atoms with E-state index < -0.39 is 7.12 Å². The Hall–Kier alpha value is -1.37. The van der Waals surface area contributed by atoms with Crippen LogP contribution < -0.4 is 10.8 Å². The zero-order valence-corrected chi connectivity index (χ0v) is 18.0. The van der Waals surface area contributed by atoms with E-state index in [1.54, 1.807) is 0 Å². The van der Waals surface area contributed by atoms with Crippen LogP contribution in [0.2, 0.25) is 0 Å². The fraction of sp³-hybridized carbons (Fsp3) is 0.708. The van der Waals surface area contributed by atoms with Gasteiger partial charge in [-0.2, -0.15) is 0 Å². The lowest BCUT2D eigenvalue weighted by molar-refractivity contribution is -0.121. The summed E-state index contributed by atoms with van der Waals surface area (Å²) in [5.41, 5.74) is 3.27. The molecule has 0 aromatic heterocycles. The lowest BCUT2D eigenvalue weighted by atomic mass is 9.56. The summed E-state index contributed by atoms with van der Waals surface area (Å²) in [6.45, 7) is 3.14. The third kappa shape index (κ3) is 3.83. The first-order chi connectivity index (χ1) is 14.4. The molecular weight excluding hydrogens is 377 g/mol. The first-order valence-corrected chi connectivity index (χ1v) is 11.9. The Labute approximate surface area is 179 Å². The summed E-state index contributed by atoms with van der Waals surface area (Å²) in [6.07, 6.45) is 9.32. The monoisotopic (exact) mass is 411 g/mol. The van der Waals surface area contributed by atoms with Crippen molar-refractivity contribution in [1.29, 1.82) is 0 Å². The summed E-state index contributed by atoms with van der Waals surface area (Å²) in [4.78, 5) is 12.1. The predicted molar refractivity (Wildman–Crippen MR) is 116 cm³/mol. The molecule has 3 unspecified atom stereocenters. The molecule has 6 heteroatoms. The molecule has 3 N–H and O–H groups in total. The van der Waals surface area contributed by atoms with Gasteiger partial charge in [-0.3, -0.25) is 4.79 Å². The molecule has 30 heavy (non-hydrogen) atoms. The molecule has 3 aliphatic carbocycles. The molecular formula is C24H34BNO4. The highest BCUT2D eigenvalue weighted by Crippen LogP contribution is 2.58. The van der Waals surface area contributed by atoms with Gasteiger partial charge in [0, 0.05) is 12.5 Å². The highest BCUT2D eigenvalue weighted by Gasteiger charge is 2.55. The van der Waals surface area contributed by atoms with E-state index in [9.17, 15) is 14.8 Å². The molecule has 1 heterocycles. The Morgan fingerprint density at radius 2 is 2.10 bits per heavy atom. The summed E-state index contributed by atoms with van der Waals surface area (Å²) in [6, 6.07) is 6.45. The molecule has 162 valence electrons. The van der Waals surface area contributed by atoms with Gasteiger partial charge in [-0.15, -0.1) is 0 Å². The van der Waals surface area contributed by atoms with Gasteiger partial charge < -0.3 is 20.1 Å². The maximum Gasteiger partial charge on any atom is 0.488 e. The van der Waals surface area contributed by atoms with E-state index in [0.29, 0.717) is 41.6 Å². The van der Waals surface area contributed by atoms with Gasteiger partial charge in [0.25, 0.3) is 0 Å². The van der Waals surface area contributed by atoms with Crippen molar-refractivity contribution in [3.8, 4) is 0 Å². The van der Waals surface area contributed by atoms with Crippen molar-refractivity contribution >= 4 is 18.5 Å². The molecule has 1 aliphatic heterocycles. The minimum Gasteiger partial charge on any atom is -0.423 e. The first-order valence-electron chi connectivity index (χ1n) is 11.9. The fourth-order valence-corrected chi connectivity index (χ4v) is 6.71. The molecule has 3 fully saturated rings. The van der Waals surface area contributed by atoms with Crippen molar-refractivity contribution in [2.24, 2.45) is 17.8 Å². The molecule has 2 saturated carbocycles. The molecule has 1 aromatic carbocycles. The van der Waals surface area contributed by atoms with E-state index in [-0.39, 0.29) is 11.5 Å². The predicted octanol–water partition coefficient (Wildman–Crippen LogP) is 2.28. The number of ether oxygens (including phenoxy) is 1. The lowest BCUT2D eigenvalue weighted by Gasteiger charge is -2.49. The van der Waals surface area contributed by atoms with E-state index >= 15 is 0 Å². The van der Waals surface area contributed by atoms with Crippen LogP contribution in [-0.2, 0) is 16.0 Å². The van der Waals surface area contributed by atoms with Gasteiger partial charge in [-0.25, -0.2) is 0 Å². The van der Waals surface area contributed by atoms with Gasteiger partial charge >= 0.3 is 7.12 Å². The zero-order chi connectivity index (χ0) is 20.9. The highest BCUT2D eigenvalue weighted by atomic mass is 16.5. The van der Waals surface area contributed by atoms with E-state index in [1.165, 1.54) is 11.1 Å². The number of amides is 1. The van der Waals surface area contributed by atoms with Crippen LogP contribution in [0, 0.1) is 17.8 Å². The van der Waals surface area contributed by atoms with Crippen LogP contribution in [0.5, 0.6) is 0 Å². The number of hydrogen-bond acceptors (Lipinski definition) is 4. The summed E-state index contributed by atoms with van der Waals surface area (Å²) < 4.78 is 6.41. The second kappa shape index (κ2) is 7.96. The van der Waals surface area contributed by atoms with Crippen LogP contribution in [0.1, 0.15) is 75.3 Å². The van der Waals surface area contributed by atoms with Crippen LogP contribution in [0.15, 0.2) is 18.2 Å². The SMILES string of the molecule is C[C@]12CCC3c4ccc(B(O)O)cc4CCC3C1[C@@H](CCCC(=O)NC1CC1)CO2. The Balaban J connectivity index is 1.28. The summed E-state index contributed by atoms with van der Waals surface area (Å²) in [5.74, 6) is 2.47. The second-order valence-electron chi connectivity index (χ2n) is 10.3. The minimum absolute atomic E-state index is 0.0269. The van der Waals surface area contributed by atoms with Crippen molar-refractivity contribution in [3.05, 3.63) is 29.3 Å². The number of carbonyl (C=O) groups is 1. The van der Waals surface area contributed by atoms with Gasteiger partial charge in [0.05, 0.1) is 12.2 Å². The van der Waals surface area contributed by atoms with Crippen molar-refractivity contribution in [1.82, 2.24) is 5.32 Å². The summed E-state index contributed by atoms with van der Waals surface area (Å²) >= 11 is 0. The van der Waals surface area contributed by atoms with Gasteiger partial charge in [-0.1, -0.05) is 18.2 Å². The van der Waals surface area contributed by atoms with Crippen LogP contribution in [0.3, 0.4) is 0 Å². The molecule has 1 saturated heterocycles. The standard InChI is InChI=1S/C24H34BNO4/c1-24-12-11-20-19-10-6-17(25(28)29)13-15(19)5-9-21(20)23(24)16(14-30-24)3-2-4-22(27)26-18-7-8-18/h6,10,13,16,18,20-21,23,28-29H,2-5,7-9,11-12,14H2,1H3,(H,26,27)/t16-,20?,21?,23?,24-/m0/s1. The Kier molecular flexibility index (Phi) is 5.45. The number of fused-ring (bicyclic) bond motifs is 5. The van der Waals surface area contributed by atoms with Gasteiger partial charge in [0.1, 0.15) is 0 Å². The molecule has 0 radical (unpaired) electrons. The maximum absolute atomic E-state index is 12.1. The average Bonchev–Trinajstić information content (AvgIpc) is 3.47. The van der Waals surface area contributed by atoms with Crippen LogP contribution in [0.25, 0.3) is 0 Å². The topological polar surface area (TPSA) is 78.8 Å². The van der Waals surface area contributed by atoms with E-state index in [4.69, 9.17) is 4.74 Å². The number of aryl methyl sites for hydroxylation is 1. The van der Waals surface area contributed by atoms with Crippen molar-refractivity contribution in [2.75, 3.05) is 6.61 Å². The Bertz CT molecular complexity index is 810. The quantitative estimate of drug-likeness (QED) is 0.628. The van der Waals surface area contributed by atoms with Gasteiger partial charge in [-0.05, 0) is 98.6 Å².